The van der Waals surface area contributed by atoms with Crippen LogP contribution in [0.3, 0.4) is 0 Å². The molecule has 0 atom stereocenters. The fourth-order valence-corrected chi connectivity index (χ4v) is 2.75. The molecule has 0 aliphatic rings. The lowest BCUT2D eigenvalue weighted by molar-refractivity contribution is -0.124. The van der Waals surface area contributed by atoms with Crippen molar-refractivity contribution < 1.29 is 14.3 Å². The number of amides is 1. The molecule has 0 radical (unpaired) electrons. The van der Waals surface area contributed by atoms with Crippen molar-refractivity contribution in [1.29, 1.82) is 0 Å². The number of carbonyl (C=O) groups is 2. The van der Waals surface area contributed by atoms with Crippen LogP contribution in [0.1, 0.15) is 21.7 Å². The number of halogens is 1. The Morgan fingerprint density at radius 2 is 1.89 bits per heavy atom. The zero-order valence-electron chi connectivity index (χ0n) is 15.3. The molecule has 2 aromatic carbocycles. The minimum atomic E-state index is -0.690. The van der Waals surface area contributed by atoms with Crippen molar-refractivity contribution in [3.8, 4) is 5.69 Å². The molecule has 0 fully saturated rings. The van der Waals surface area contributed by atoms with Gasteiger partial charge in [-0.1, -0.05) is 41.9 Å². The zero-order chi connectivity index (χ0) is 19.9. The van der Waals surface area contributed by atoms with Gasteiger partial charge in [0.05, 0.1) is 11.4 Å². The summed E-state index contributed by atoms with van der Waals surface area (Å²) in [6, 6.07) is 16.6. The predicted octanol–water partition coefficient (Wildman–Crippen LogP) is 2.74. The predicted molar refractivity (Wildman–Crippen MR) is 105 cm³/mol. The highest BCUT2D eigenvalue weighted by Crippen LogP contribution is 2.11. The number of benzene rings is 2. The van der Waals surface area contributed by atoms with E-state index in [-0.39, 0.29) is 18.2 Å². The van der Waals surface area contributed by atoms with Crippen LogP contribution in [0, 0.1) is 6.92 Å². The molecule has 8 heteroatoms. The summed E-state index contributed by atoms with van der Waals surface area (Å²) in [6.45, 7) is 1.69. The summed E-state index contributed by atoms with van der Waals surface area (Å²) in [7, 11) is 0. The summed E-state index contributed by atoms with van der Waals surface area (Å²) in [5, 5.41) is 11.7. The molecule has 0 saturated heterocycles. The highest BCUT2D eigenvalue weighted by atomic mass is 35.5. The van der Waals surface area contributed by atoms with Gasteiger partial charge in [-0.3, -0.25) is 4.79 Å². The van der Waals surface area contributed by atoms with E-state index in [9.17, 15) is 9.59 Å². The largest absolute Gasteiger partial charge is 0.451 e. The molecular weight excluding hydrogens is 380 g/mol. The third kappa shape index (κ3) is 5.17. The van der Waals surface area contributed by atoms with Gasteiger partial charge in [0.1, 0.15) is 0 Å². The molecule has 3 rings (SSSR count). The van der Waals surface area contributed by atoms with E-state index in [1.165, 1.54) is 4.80 Å². The molecule has 144 valence electrons. The van der Waals surface area contributed by atoms with E-state index in [2.05, 4.69) is 15.5 Å². The van der Waals surface area contributed by atoms with Gasteiger partial charge in [-0.2, -0.15) is 9.90 Å². The second-order valence-corrected chi connectivity index (χ2v) is 6.50. The second kappa shape index (κ2) is 9.14. The van der Waals surface area contributed by atoms with Crippen LogP contribution in [0.25, 0.3) is 5.69 Å². The van der Waals surface area contributed by atoms with Crippen molar-refractivity contribution in [2.75, 3.05) is 13.2 Å². The summed E-state index contributed by atoms with van der Waals surface area (Å²) >= 11 is 5.93. The maximum Gasteiger partial charge on any atom is 0.361 e. The Hall–Kier alpha value is -3.19. The van der Waals surface area contributed by atoms with Crippen molar-refractivity contribution in [2.24, 2.45) is 0 Å². The molecule has 0 aliphatic heterocycles. The van der Waals surface area contributed by atoms with Gasteiger partial charge in [0.15, 0.2) is 12.3 Å². The minimum absolute atomic E-state index is 0.0792. The van der Waals surface area contributed by atoms with Gasteiger partial charge in [0.2, 0.25) is 0 Å². The fourth-order valence-electron chi connectivity index (χ4n) is 2.53. The van der Waals surface area contributed by atoms with E-state index < -0.39 is 5.97 Å². The van der Waals surface area contributed by atoms with E-state index in [1.807, 2.05) is 48.5 Å². The Balaban J connectivity index is 1.48. The van der Waals surface area contributed by atoms with Crippen molar-refractivity contribution in [1.82, 2.24) is 20.3 Å². The van der Waals surface area contributed by atoms with Crippen LogP contribution >= 0.6 is 11.6 Å². The Morgan fingerprint density at radius 1 is 1.11 bits per heavy atom. The summed E-state index contributed by atoms with van der Waals surface area (Å²) < 4.78 is 5.05. The molecule has 0 spiro atoms. The smallest absolute Gasteiger partial charge is 0.361 e. The van der Waals surface area contributed by atoms with Crippen molar-refractivity contribution in [2.45, 2.75) is 13.3 Å². The molecule has 28 heavy (non-hydrogen) atoms. The maximum absolute atomic E-state index is 12.2. The van der Waals surface area contributed by atoms with Gasteiger partial charge in [-0.15, -0.1) is 5.10 Å². The Labute approximate surface area is 167 Å². The summed E-state index contributed by atoms with van der Waals surface area (Å²) in [5.41, 5.74) is 2.24. The quantitative estimate of drug-likeness (QED) is 0.618. The van der Waals surface area contributed by atoms with Crippen LogP contribution < -0.4 is 5.32 Å². The number of nitrogens with zero attached hydrogens (tertiary/aromatic N) is 3. The average Bonchev–Trinajstić information content (AvgIpc) is 3.09. The zero-order valence-corrected chi connectivity index (χ0v) is 16.0. The summed E-state index contributed by atoms with van der Waals surface area (Å²) in [4.78, 5) is 25.5. The molecule has 0 bridgehead atoms. The number of para-hydroxylation sites is 1. The van der Waals surface area contributed by atoms with Crippen LogP contribution in [0.15, 0.2) is 54.6 Å². The second-order valence-electron chi connectivity index (χ2n) is 6.07. The molecule has 1 heterocycles. The highest BCUT2D eigenvalue weighted by molar-refractivity contribution is 6.30. The third-order valence-corrected chi connectivity index (χ3v) is 4.16. The van der Waals surface area contributed by atoms with Crippen molar-refractivity contribution in [3.05, 3.63) is 76.6 Å². The number of ether oxygens (including phenoxy) is 1. The van der Waals surface area contributed by atoms with Gasteiger partial charge >= 0.3 is 5.97 Å². The van der Waals surface area contributed by atoms with Crippen LogP contribution in [-0.4, -0.2) is 40.0 Å². The molecule has 7 nitrogen and oxygen atoms in total. The lowest BCUT2D eigenvalue weighted by Crippen LogP contribution is -2.30. The molecule has 0 aliphatic carbocycles. The molecule has 0 saturated carbocycles. The van der Waals surface area contributed by atoms with Gasteiger partial charge in [0, 0.05) is 11.6 Å². The Bertz CT molecular complexity index is 973. The summed E-state index contributed by atoms with van der Waals surface area (Å²) in [6.07, 6.45) is 0.630. The van der Waals surface area contributed by atoms with Crippen molar-refractivity contribution >= 4 is 23.5 Å². The fraction of sp³-hybridized carbons (Fsp3) is 0.200. The SMILES string of the molecule is Cc1nn(-c2ccccc2)nc1C(=O)OCC(=O)NCCc1cccc(Cl)c1. The summed E-state index contributed by atoms with van der Waals surface area (Å²) in [5.74, 6) is -1.08. The van der Waals surface area contributed by atoms with Gasteiger partial charge in [-0.05, 0) is 43.2 Å². The Kier molecular flexibility index (Phi) is 6.39. The first-order valence-corrected chi connectivity index (χ1v) is 9.08. The number of esters is 1. The molecule has 1 N–H and O–H groups in total. The number of nitrogens with one attached hydrogen (secondary N) is 1. The van der Waals surface area contributed by atoms with E-state index in [0.29, 0.717) is 23.7 Å². The van der Waals surface area contributed by atoms with Crippen LogP contribution in [0.2, 0.25) is 5.02 Å². The lowest BCUT2D eigenvalue weighted by atomic mass is 10.1. The topological polar surface area (TPSA) is 86.1 Å². The maximum atomic E-state index is 12.2. The number of carbonyl (C=O) groups excluding carboxylic acids is 2. The van der Waals surface area contributed by atoms with Crippen LogP contribution in [-0.2, 0) is 16.0 Å². The molecule has 1 aromatic heterocycles. The van der Waals surface area contributed by atoms with E-state index in [4.69, 9.17) is 16.3 Å². The first kappa shape index (κ1) is 19.6. The number of aromatic nitrogens is 3. The standard InChI is InChI=1S/C20H19ClN4O3/c1-14-19(24-25(23-14)17-8-3-2-4-9-17)20(27)28-13-18(26)22-11-10-15-6-5-7-16(21)12-15/h2-9,12H,10-11,13H2,1H3,(H,22,26). The van der Waals surface area contributed by atoms with Crippen molar-refractivity contribution in [3.63, 3.8) is 0 Å². The van der Waals surface area contributed by atoms with Gasteiger partial charge in [-0.25, -0.2) is 4.79 Å². The van der Waals surface area contributed by atoms with Crippen LogP contribution in [0.5, 0.6) is 0 Å². The first-order chi connectivity index (χ1) is 13.5. The normalized spacial score (nSPS) is 10.5. The molecular formula is C20H19ClN4O3. The molecule has 0 unspecified atom stereocenters. The van der Waals surface area contributed by atoms with E-state index in [1.54, 1.807) is 13.0 Å². The van der Waals surface area contributed by atoms with Gasteiger partial charge < -0.3 is 10.1 Å². The number of hydrogen-bond donors (Lipinski definition) is 1. The minimum Gasteiger partial charge on any atom is -0.451 e. The number of rotatable bonds is 7. The molecule has 1 amide bonds. The first-order valence-electron chi connectivity index (χ1n) is 8.70. The highest BCUT2D eigenvalue weighted by Gasteiger charge is 2.18. The van der Waals surface area contributed by atoms with Crippen LogP contribution in [0.4, 0.5) is 0 Å². The van der Waals surface area contributed by atoms with E-state index in [0.717, 1.165) is 11.3 Å². The lowest BCUT2D eigenvalue weighted by Gasteiger charge is -2.06. The van der Waals surface area contributed by atoms with Gasteiger partial charge in [0.25, 0.3) is 5.91 Å². The number of aryl methyl sites for hydroxylation is 1. The van der Waals surface area contributed by atoms with E-state index >= 15 is 0 Å². The number of hydrogen-bond acceptors (Lipinski definition) is 5. The third-order valence-electron chi connectivity index (χ3n) is 3.92. The Morgan fingerprint density at radius 3 is 2.64 bits per heavy atom. The molecule has 3 aromatic rings. The monoisotopic (exact) mass is 398 g/mol. The average molecular weight is 399 g/mol.